The second kappa shape index (κ2) is 12.2. The lowest BCUT2D eigenvalue weighted by Gasteiger charge is -2.47. The zero-order valence-electron chi connectivity index (χ0n) is 23.6. The van der Waals surface area contributed by atoms with Gasteiger partial charge in [0.2, 0.25) is 5.91 Å². The van der Waals surface area contributed by atoms with Crippen LogP contribution in [-0.4, -0.2) is 70.8 Å². The highest BCUT2D eigenvalue weighted by Gasteiger charge is 2.59. The molecule has 3 aromatic rings. The van der Waals surface area contributed by atoms with Crippen LogP contribution >= 0.6 is 11.6 Å². The molecule has 232 valence electrons. The minimum atomic E-state index is -2.91. The molecule has 0 unspecified atom stereocenters. The Morgan fingerprint density at radius 1 is 1.14 bits per heavy atom. The summed E-state index contributed by atoms with van der Waals surface area (Å²) in [6, 6.07) is 5.39. The van der Waals surface area contributed by atoms with Crippen molar-refractivity contribution in [1.82, 2.24) is 20.3 Å². The first kappa shape index (κ1) is 30.1. The monoisotopic (exact) mass is 630 g/mol. The number of hydrogen-bond donors (Lipinski definition) is 2. The number of aromatic nitrogens is 3. The van der Waals surface area contributed by atoms with Gasteiger partial charge in [0.05, 0.1) is 22.9 Å². The maximum atomic E-state index is 14.4. The molecule has 2 fully saturated rings. The standard InChI is InChI=1S/C30H30ClF3N6O4/c31-18-11-21(24(25(33)34)37-13-18)27(42)38-20-4-1-17(2-5-20)14-40-23-12-19(32)3-6-22(23)30(29(40)43)15-39(16-30)26-28(44-10-9-41)36-8-7-35-26/h3,6-8,11-13,17,20,25,41H,1-2,4-5,9-10,14-16H2,(H,38,42)/t17-,20-. The first-order valence-corrected chi connectivity index (χ1v) is 14.7. The van der Waals surface area contributed by atoms with Crippen LogP contribution in [0.5, 0.6) is 5.88 Å². The molecule has 44 heavy (non-hydrogen) atoms. The number of carbonyl (C=O) groups is 2. The summed E-state index contributed by atoms with van der Waals surface area (Å²) in [6.45, 7) is 0.890. The number of amides is 2. The predicted octanol–water partition coefficient (Wildman–Crippen LogP) is 4.07. The van der Waals surface area contributed by atoms with Crippen LogP contribution in [0, 0.1) is 11.7 Å². The average molecular weight is 631 g/mol. The molecule has 10 nitrogen and oxygen atoms in total. The third-order valence-electron chi connectivity index (χ3n) is 8.58. The largest absolute Gasteiger partial charge is 0.473 e. The van der Waals surface area contributed by atoms with Crippen molar-refractivity contribution in [3.63, 3.8) is 0 Å². The van der Waals surface area contributed by atoms with Crippen LogP contribution in [0.1, 0.15) is 53.7 Å². The Morgan fingerprint density at radius 3 is 2.61 bits per heavy atom. The molecule has 4 heterocycles. The van der Waals surface area contributed by atoms with E-state index in [1.807, 2.05) is 4.90 Å². The Hall–Kier alpha value is -3.97. The maximum absolute atomic E-state index is 14.4. The zero-order chi connectivity index (χ0) is 31.0. The normalized spacial score (nSPS) is 20.5. The van der Waals surface area contributed by atoms with Crippen molar-refractivity contribution in [2.24, 2.45) is 5.92 Å². The van der Waals surface area contributed by atoms with Crippen molar-refractivity contribution >= 4 is 34.9 Å². The van der Waals surface area contributed by atoms with Gasteiger partial charge in [0.25, 0.3) is 18.2 Å². The van der Waals surface area contributed by atoms with Gasteiger partial charge in [-0.2, -0.15) is 0 Å². The number of nitrogens with one attached hydrogen (secondary N) is 1. The Balaban J connectivity index is 1.12. The van der Waals surface area contributed by atoms with Crippen LogP contribution in [-0.2, 0) is 10.2 Å². The molecule has 0 radical (unpaired) electrons. The number of pyridine rings is 1. The van der Waals surface area contributed by atoms with Gasteiger partial charge in [-0.15, -0.1) is 0 Å². The van der Waals surface area contributed by atoms with E-state index in [0.717, 1.165) is 11.8 Å². The van der Waals surface area contributed by atoms with Crippen LogP contribution < -0.4 is 19.9 Å². The summed E-state index contributed by atoms with van der Waals surface area (Å²) in [4.78, 5) is 42.6. The molecule has 1 saturated carbocycles. The molecule has 2 aromatic heterocycles. The summed E-state index contributed by atoms with van der Waals surface area (Å²) in [5.74, 6) is -0.372. The van der Waals surface area contributed by atoms with Crippen molar-refractivity contribution in [1.29, 1.82) is 0 Å². The molecule has 2 amide bonds. The number of nitrogens with zero attached hydrogens (tertiary/aromatic N) is 5. The van der Waals surface area contributed by atoms with E-state index < -0.39 is 29.3 Å². The van der Waals surface area contributed by atoms with Gasteiger partial charge in [-0.25, -0.2) is 23.1 Å². The summed E-state index contributed by atoms with van der Waals surface area (Å²) >= 11 is 5.90. The molecule has 3 aliphatic rings. The lowest BCUT2D eigenvalue weighted by molar-refractivity contribution is -0.124. The fourth-order valence-corrected chi connectivity index (χ4v) is 6.61. The highest BCUT2D eigenvalue weighted by atomic mass is 35.5. The molecule has 2 aliphatic heterocycles. The molecular formula is C30H30ClF3N6O4. The Bertz CT molecular complexity index is 1570. The predicted molar refractivity (Wildman–Crippen MR) is 155 cm³/mol. The number of aliphatic hydroxyl groups is 1. The van der Waals surface area contributed by atoms with E-state index in [9.17, 15) is 22.8 Å². The van der Waals surface area contributed by atoms with Gasteiger partial charge >= 0.3 is 0 Å². The average Bonchev–Trinajstić information content (AvgIpc) is 3.23. The number of fused-ring (bicyclic) bond motifs is 2. The quantitative estimate of drug-likeness (QED) is 0.363. The van der Waals surface area contributed by atoms with Gasteiger partial charge in [0, 0.05) is 44.3 Å². The van der Waals surface area contributed by atoms with Gasteiger partial charge in [0.1, 0.15) is 23.5 Å². The summed E-state index contributed by atoms with van der Waals surface area (Å²) in [6.07, 6.45) is 3.73. The first-order chi connectivity index (χ1) is 21.2. The third-order valence-corrected chi connectivity index (χ3v) is 8.78. The number of halogens is 4. The Morgan fingerprint density at radius 2 is 1.89 bits per heavy atom. The summed E-state index contributed by atoms with van der Waals surface area (Å²) in [7, 11) is 0. The Kier molecular flexibility index (Phi) is 8.34. The molecular weight excluding hydrogens is 601 g/mol. The van der Waals surface area contributed by atoms with E-state index in [2.05, 4.69) is 20.3 Å². The summed E-state index contributed by atoms with van der Waals surface area (Å²) < 4.78 is 46.8. The lowest BCUT2D eigenvalue weighted by atomic mass is 9.74. The highest BCUT2D eigenvalue weighted by molar-refractivity contribution is 6.30. The SMILES string of the molecule is O=C(N[C@H]1CC[C@H](CN2C(=O)C3(CN(c4nccnc4OCCO)C3)c3ccc(F)cc32)CC1)c1cc(Cl)cnc1C(F)F. The molecule has 14 heteroatoms. The van der Waals surface area contributed by atoms with Crippen LogP contribution in [0.15, 0.2) is 42.9 Å². The maximum Gasteiger partial charge on any atom is 0.281 e. The van der Waals surface area contributed by atoms with Gasteiger partial charge in [-0.1, -0.05) is 17.7 Å². The van der Waals surface area contributed by atoms with E-state index >= 15 is 0 Å². The van der Waals surface area contributed by atoms with E-state index in [1.165, 1.54) is 30.6 Å². The van der Waals surface area contributed by atoms with Gasteiger partial charge in [-0.3, -0.25) is 14.6 Å². The summed E-state index contributed by atoms with van der Waals surface area (Å²) in [5, 5.41) is 12.1. The van der Waals surface area contributed by atoms with E-state index in [4.69, 9.17) is 21.4 Å². The van der Waals surface area contributed by atoms with Crippen LogP contribution in [0.2, 0.25) is 5.02 Å². The van der Waals surface area contributed by atoms with E-state index in [-0.39, 0.29) is 47.5 Å². The second-order valence-corrected chi connectivity index (χ2v) is 11.8. The van der Waals surface area contributed by atoms with Gasteiger partial charge < -0.3 is 25.0 Å². The van der Waals surface area contributed by atoms with Crippen LogP contribution in [0.25, 0.3) is 0 Å². The fourth-order valence-electron chi connectivity index (χ4n) is 6.45. The number of carbonyl (C=O) groups excluding carboxylic acids is 2. The van der Waals surface area contributed by atoms with Gasteiger partial charge in [0.15, 0.2) is 5.82 Å². The minimum absolute atomic E-state index is 0.0555. The van der Waals surface area contributed by atoms with Crippen molar-refractivity contribution in [2.75, 3.05) is 42.6 Å². The number of alkyl halides is 2. The second-order valence-electron chi connectivity index (χ2n) is 11.4. The van der Waals surface area contributed by atoms with E-state index in [0.29, 0.717) is 56.8 Å². The van der Waals surface area contributed by atoms with Crippen molar-refractivity contribution in [3.05, 3.63) is 70.5 Å². The molecule has 0 atom stereocenters. The minimum Gasteiger partial charge on any atom is -0.473 e. The zero-order valence-corrected chi connectivity index (χ0v) is 24.3. The van der Waals surface area contributed by atoms with Crippen LogP contribution in [0.3, 0.4) is 0 Å². The Labute approximate surface area is 256 Å². The molecule has 1 spiro atoms. The van der Waals surface area contributed by atoms with Crippen molar-refractivity contribution < 1.29 is 32.6 Å². The topological polar surface area (TPSA) is 121 Å². The molecule has 6 rings (SSSR count). The highest BCUT2D eigenvalue weighted by Crippen LogP contribution is 2.50. The molecule has 1 aromatic carbocycles. The number of rotatable bonds is 9. The molecule has 0 bridgehead atoms. The lowest BCUT2D eigenvalue weighted by Crippen LogP contribution is -2.64. The smallest absolute Gasteiger partial charge is 0.281 e. The fraction of sp³-hybridized carbons (Fsp3) is 0.433. The number of anilines is 2. The van der Waals surface area contributed by atoms with Crippen LogP contribution in [0.4, 0.5) is 24.7 Å². The number of benzene rings is 1. The van der Waals surface area contributed by atoms with Crippen molar-refractivity contribution in [2.45, 2.75) is 43.6 Å². The van der Waals surface area contributed by atoms with Crippen molar-refractivity contribution in [3.8, 4) is 5.88 Å². The summed E-state index contributed by atoms with van der Waals surface area (Å²) in [5.41, 5.74) is -0.422. The molecule has 1 aliphatic carbocycles. The third kappa shape index (κ3) is 5.54. The first-order valence-electron chi connectivity index (χ1n) is 14.4. The van der Waals surface area contributed by atoms with Gasteiger partial charge in [-0.05, 0) is 55.4 Å². The number of ether oxygens (including phenoxy) is 1. The number of aliphatic hydroxyl groups excluding tert-OH is 1. The molecule has 2 N–H and O–H groups in total. The molecule has 1 saturated heterocycles. The number of hydrogen-bond acceptors (Lipinski definition) is 8. The van der Waals surface area contributed by atoms with E-state index in [1.54, 1.807) is 11.0 Å².